The monoisotopic (exact) mass is 693 g/mol. The van der Waals surface area contributed by atoms with Crippen molar-refractivity contribution < 1.29 is 14.0 Å². The van der Waals surface area contributed by atoms with Crippen LogP contribution in [0.5, 0.6) is 0 Å². The van der Waals surface area contributed by atoms with E-state index in [0.717, 1.165) is 25.0 Å². The van der Waals surface area contributed by atoms with Gasteiger partial charge in [-0.2, -0.15) is 10.2 Å². The second-order valence-electron chi connectivity index (χ2n) is 11.9. The van der Waals surface area contributed by atoms with Crippen molar-refractivity contribution in [3.05, 3.63) is 52.2 Å². The predicted octanol–water partition coefficient (Wildman–Crippen LogP) is 5.08. The number of nitrogens with two attached hydrogens (primary N) is 1. The minimum atomic E-state index is -1.19. The zero-order valence-electron chi connectivity index (χ0n) is 24.6. The highest BCUT2D eigenvalue weighted by Gasteiger charge is 2.39. The minimum absolute atomic E-state index is 0.0235. The summed E-state index contributed by atoms with van der Waals surface area (Å²) in [4.78, 5) is 38.6. The van der Waals surface area contributed by atoms with E-state index >= 15 is 0 Å². The van der Waals surface area contributed by atoms with E-state index in [1.807, 2.05) is 24.3 Å². The molecule has 4 atom stereocenters. The van der Waals surface area contributed by atoms with Gasteiger partial charge in [-0.15, -0.1) is 34.0 Å². The Kier molecular flexibility index (Phi) is 7.34. The average Bonchev–Trinajstić information content (AvgIpc) is 3.84. The lowest BCUT2D eigenvalue weighted by Gasteiger charge is -2.27. The number of thiophene rings is 2. The minimum Gasteiger partial charge on any atom is -0.375 e. The number of carbonyl (C=O) groups is 2. The summed E-state index contributed by atoms with van der Waals surface area (Å²) in [5.74, 6) is -0.623. The molecule has 0 aromatic carbocycles. The number of alkyl halides is 1. The Hall–Kier alpha value is -3.86. The van der Waals surface area contributed by atoms with Crippen molar-refractivity contribution >= 4 is 88.4 Å². The van der Waals surface area contributed by atoms with Gasteiger partial charge in [0.15, 0.2) is 17.0 Å². The largest absolute Gasteiger partial charge is 0.375 e. The average molecular weight is 694 g/mol. The number of halogens is 1. The lowest BCUT2D eigenvalue weighted by atomic mass is 10.1. The molecule has 1 aliphatic heterocycles. The van der Waals surface area contributed by atoms with Crippen LogP contribution in [-0.2, 0) is 11.3 Å². The Balaban J connectivity index is 0.993. The van der Waals surface area contributed by atoms with Gasteiger partial charge in [-0.05, 0) is 49.6 Å². The Bertz CT molecular complexity index is 2130. The van der Waals surface area contributed by atoms with Crippen LogP contribution in [0.1, 0.15) is 52.7 Å². The first-order chi connectivity index (χ1) is 22.2. The number of thiocarbonyl (C=S) groups is 1. The molecule has 8 rings (SSSR count). The van der Waals surface area contributed by atoms with Gasteiger partial charge in [0.25, 0.3) is 5.91 Å². The number of carbonyl (C=O) groups excluding carboxylic acids is 2. The molecule has 236 valence electrons. The van der Waals surface area contributed by atoms with Crippen LogP contribution in [0.2, 0.25) is 0 Å². The van der Waals surface area contributed by atoms with Crippen molar-refractivity contribution in [3.63, 3.8) is 0 Å². The molecule has 2 fully saturated rings. The summed E-state index contributed by atoms with van der Waals surface area (Å²) < 4.78 is 21.0. The van der Waals surface area contributed by atoms with Gasteiger partial charge >= 0.3 is 0 Å². The predicted molar refractivity (Wildman–Crippen MR) is 181 cm³/mol. The maximum Gasteiger partial charge on any atom is 0.270 e. The van der Waals surface area contributed by atoms with Crippen molar-refractivity contribution in [1.82, 2.24) is 39.6 Å². The third kappa shape index (κ3) is 5.26. The van der Waals surface area contributed by atoms with Crippen molar-refractivity contribution in [2.24, 2.45) is 5.73 Å². The molecule has 1 saturated carbocycles. The second-order valence-corrected chi connectivity index (χ2v) is 15.4. The molecule has 1 aliphatic carbocycles. The highest BCUT2D eigenvalue weighted by molar-refractivity contribution is 7.80. The number of fused-ring (bicyclic) bond motifs is 3. The molecular formula is C30H28FN9O2S4. The molecule has 11 nitrogen and oxygen atoms in total. The Morgan fingerprint density at radius 1 is 1.17 bits per heavy atom. The molecule has 2 unspecified atom stereocenters. The highest BCUT2D eigenvalue weighted by atomic mass is 32.1. The first-order valence-corrected chi connectivity index (χ1v) is 17.8. The van der Waals surface area contributed by atoms with E-state index in [4.69, 9.17) is 22.9 Å². The summed E-state index contributed by atoms with van der Waals surface area (Å²) >= 11 is 10.6. The van der Waals surface area contributed by atoms with Crippen LogP contribution >= 0.6 is 46.2 Å². The molecule has 16 heteroatoms. The van der Waals surface area contributed by atoms with Gasteiger partial charge in [-0.25, -0.2) is 23.6 Å². The van der Waals surface area contributed by atoms with Crippen LogP contribution in [0.25, 0.3) is 36.0 Å². The fourth-order valence-electron chi connectivity index (χ4n) is 6.54. The molecule has 6 aromatic rings. The van der Waals surface area contributed by atoms with E-state index in [1.165, 1.54) is 35.2 Å². The number of likely N-dealkylation sites (tertiary alicyclic amines) is 1. The maximum atomic E-state index is 14.8. The summed E-state index contributed by atoms with van der Waals surface area (Å²) in [6, 6.07) is 5.95. The van der Waals surface area contributed by atoms with Gasteiger partial charge < -0.3 is 16.0 Å². The first-order valence-electron chi connectivity index (χ1n) is 14.9. The number of amides is 2. The van der Waals surface area contributed by atoms with E-state index in [0.29, 0.717) is 37.5 Å². The molecule has 46 heavy (non-hydrogen) atoms. The molecule has 3 N–H and O–H groups in total. The maximum absolute atomic E-state index is 14.8. The van der Waals surface area contributed by atoms with Gasteiger partial charge in [0.05, 0.1) is 23.3 Å². The van der Waals surface area contributed by atoms with Crippen LogP contribution in [0.15, 0.2) is 36.0 Å². The Morgan fingerprint density at radius 2 is 2.04 bits per heavy atom. The number of nitrogens with one attached hydrogen (secondary N) is 1. The van der Waals surface area contributed by atoms with Crippen LogP contribution < -0.4 is 11.1 Å². The normalized spacial score (nSPS) is 21.7. The number of rotatable bonds is 7. The molecule has 6 aromatic heterocycles. The standard InChI is InChI=1S/C30H28FN9O2S4/c1-14-6-23-33-10-16(11-39(23)36-14)30-35-28-26(46-30)25(27(32)42)37-40(28)13-24(41)38-12-17(31)8-19(38)29(43)34-18-3-2-15(7-18)21-9-22-20(45-21)4-5-44-22/h4-6,9-11,15,17-19H,2-3,7-8,12-13H2,1H3,(H2,32,42)(H,34,43)/t15?,17-,18?,19+/m1/s1. The van der Waals surface area contributed by atoms with Crippen molar-refractivity contribution in [1.29, 1.82) is 0 Å². The lowest BCUT2D eigenvalue weighted by molar-refractivity contribution is -0.132. The molecule has 2 amide bonds. The van der Waals surface area contributed by atoms with Gasteiger partial charge in [0.1, 0.15) is 22.4 Å². The number of hydrogen-bond donors (Lipinski definition) is 2. The third-order valence-corrected chi connectivity index (χ3v) is 12.4. The smallest absolute Gasteiger partial charge is 0.270 e. The van der Waals surface area contributed by atoms with Gasteiger partial charge in [-0.1, -0.05) is 12.2 Å². The van der Waals surface area contributed by atoms with E-state index in [2.05, 4.69) is 38.0 Å². The fraction of sp³-hybridized carbons (Fsp3) is 0.367. The second kappa shape index (κ2) is 11.4. The number of aryl methyl sites for hydroxylation is 1. The fourth-order valence-corrected chi connectivity index (χ4v) is 10.2. The topological polar surface area (TPSA) is 136 Å². The highest BCUT2D eigenvalue weighted by Crippen LogP contribution is 2.42. The molecule has 0 spiro atoms. The Labute approximate surface area is 279 Å². The number of aromatic nitrogens is 6. The summed E-state index contributed by atoms with van der Waals surface area (Å²) in [5, 5.41) is 14.9. The summed E-state index contributed by atoms with van der Waals surface area (Å²) in [6.45, 7) is 1.58. The van der Waals surface area contributed by atoms with Crippen molar-refractivity contribution in [2.45, 2.75) is 63.3 Å². The third-order valence-electron chi connectivity index (χ3n) is 8.70. The molecule has 2 aliphatic rings. The molecule has 0 bridgehead atoms. The number of hydrogen-bond acceptors (Lipinski definition) is 10. The van der Waals surface area contributed by atoms with Crippen molar-refractivity contribution in [2.75, 3.05) is 6.54 Å². The van der Waals surface area contributed by atoms with Gasteiger partial charge in [0.2, 0.25) is 5.91 Å². The van der Waals surface area contributed by atoms with Crippen LogP contribution in [0, 0.1) is 6.92 Å². The van der Waals surface area contributed by atoms with Gasteiger partial charge in [-0.3, -0.25) is 9.59 Å². The van der Waals surface area contributed by atoms with Crippen molar-refractivity contribution in [3.8, 4) is 10.6 Å². The SMILES string of the molecule is Cc1cc2ncc(-c3nc4c(s3)c(C(N)=O)nn4CC(=O)N3C[C@H](F)C[C@H]3C(=S)NC3CCC(c4cc5sccc5s4)C3)cn2n1. The van der Waals surface area contributed by atoms with Crippen LogP contribution in [0.3, 0.4) is 0 Å². The zero-order chi connectivity index (χ0) is 31.7. The number of primary amides is 1. The van der Waals surface area contributed by atoms with Crippen LogP contribution in [-0.4, -0.2) is 75.9 Å². The van der Waals surface area contributed by atoms with Gasteiger partial charge in [0, 0.05) is 50.8 Å². The summed E-state index contributed by atoms with van der Waals surface area (Å²) in [6.07, 6.45) is 5.41. The molecule has 1 saturated heterocycles. The van der Waals surface area contributed by atoms with E-state index in [1.54, 1.807) is 28.2 Å². The number of nitrogens with zero attached hydrogens (tertiary/aromatic N) is 7. The molecule has 7 heterocycles. The van der Waals surface area contributed by atoms with E-state index in [-0.39, 0.29) is 37.2 Å². The van der Waals surface area contributed by atoms with E-state index in [9.17, 15) is 14.0 Å². The lowest BCUT2D eigenvalue weighted by Crippen LogP contribution is -2.48. The molecule has 0 radical (unpaired) electrons. The number of thiazole rings is 1. The van der Waals surface area contributed by atoms with Crippen LogP contribution in [0.4, 0.5) is 4.39 Å². The quantitative estimate of drug-likeness (QED) is 0.221. The van der Waals surface area contributed by atoms with E-state index < -0.39 is 18.1 Å². The summed E-state index contributed by atoms with van der Waals surface area (Å²) in [5.41, 5.74) is 8.24. The Morgan fingerprint density at radius 3 is 2.87 bits per heavy atom. The molecular weight excluding hydrogens is 666 g/mol. The first kappa shape index (κ1) is 29.5. The zero-order valence-corrected chi connectivity index (χ0v) is 27.8. The summed E-state index contributed by atoms with van der Waals surface area (Å²) in [7, 11) is 0.